The van der Waals surface area contributed by atoms with E-state index in [9.17, 15) is 9.59 Å². The number of likely N-dealkylation sites (tertiary alicyclic amines) is 1. The zero-order chi connectivity index (χ0) is 17.3. The molecule has 3 rings (SSSR count). The molecule has 0 bridgehead atoms. The van der Waals surface area contributed by atoms with E-state index in [-0.39, 0.29) is 29.7 Å². The second kappa shape index (κ2) is 6.93. The van der Waals surface area contributed by atoms with Crippen LogP contribution in [0.5, 0.6) is 0 Å². The van der Waals surface area contributed by atoms with E-state index in [0.29, 0.717) is 13.2 Å². The molecule has 2 heterocycles. The molecule has 0 radical (unpaired) electrons. The molecule has 0 spiro atoms. The van der Waals surface area contributed by atoms with Crippen LogP contribution in [0.25, 0.3) is 0 Å². The number of imide groups is 1. The van der Waals surface area contributed by atoms with Gasteiger partial charge in [0, 0.05) is 19.6 Å². The molecule has 0 aromatic heterocycles. The third-order valence-corrected chi connectivity index (χ3v) is 5.17. The lowest BCUT2D eigenvalue weighted by Gasteiger charge is -2.26. The van der Waals surface area contributed by atoms with E-state index < -0.39 is 6.09 Å². The molecule has 130 valence electrons. The average Bonchev–Trinajstić information content (AvgIpc) is 3.11. The minimum absolute atomic E-state index is 0.0701. The Kier molecular flexibility index (Phi) is 4.90. The molecular weight excluding hydrogens is 304 g/mol. The number of carbonyl (C=O) groups excluding carboxylic acids is 2. The van der Waals surface area contributed by atoms with Crippen molar-refractivity contribution in [1.82, 2.24) is 9.80 Å². The first-order valence-corrected chi connectivity index (χ1v) is 8.73. The first-order valence-electron chi connectivity index (χ1n) is 8.73. The van der Waals surface area contributed by atoms with E-state index in [1.54, 1.807) is 0 Å². The maximum atomic E-state index is 13.0. The van der Waals surface area contributed by atoms with Crippen molar-refractivity contribution in [3.63, 3.8) is 0 Å². The highest BCUT2D eigenvalue weighted by Gasteiger charge is 2.45. The molecule has 2 fully saturated rings. The van der Waals surface area contributed by atoms with Gasteiger partial charge in [-0.25, -0.2) is 9.69 Å². The lowest BCUT2D eigenvalue weighted by Crippen LogP contribution is -2.46. The van der Waals surface area contributed by atoms with Crippen LogP contribution in [0.4, 0.5) is 4.79 Å². The van der Waals surface area contributed by atoms with Crippen LogP contribution in [0.3, 0.4) is 0 Å². The number of hydrogen-bond acceptors (Lipinski definition) is 4. The third-order valence-electron chi connectivity index (χ3n) is 5.17. The Morgan fingerprint density at radius 3 is 2.62 bits per heavy atom. The molecule has 0 N–H and O–H groups in total. The molecule has 2 amide bonds. The molecule has 0 unspecified atom stereocenters. The van der Waals surface area contributed by atoms with Gasteiger partial charge in [0.05, 0.1) is 12.0 Å². The molecule has 1 aromatic carbocycles. The summed E-state index contributed by atoms with van der Waals surface area (Å²) in [5.41, 5.74) is 1.25. The van der Waals surface area contributed by atoms with Gasteiger partial charge in [0.15, 0.2) is 0 Å². The first kappa shape index (κ1) is 17.0. The van der Waals surface area contributed by atoms with Gasteiger partial charge in [-0.2, -0.15) is 0 Å². The quantitative estimate of drug-likeness (QED) is 0.852. The van der Waals surface area contributed by atoms with Crippen molar-refractivity contribution < 1.29 is 14.3 Å². The van der Waals surface area contributed by atoms with E-state index in [4.69, 9.17) is 4.74 Å². The molecule has 2 aliphatic heterocycles. The maximum absolute atomic E-state index is 13.0. The van der Waals surface area contributed by atoms with Crippen molar-refractivity contribution in [2.24, 2.45) is 17.8 Å². The average molecular weight is 330 g/mol. The molecule has 5 nitrogen and oxygen atoms in total. The number of amides is 2. The van der Waals surface area contributed by atoms with Crippen LogP contribution in [0.2, 0.25) is 0 Å². The lowest BCUT2D eigenvalue weighted by molar-refractivity contribution is -0.134. The predicted octanol–water partition coefficient (Wildman–Crippen LogP) is 2.76. The molecular formula is C19H26N2O3. The summed E-state index contributed by atoms with van der Waals surface area (Å²) in [6, 6.07) is 10.1. The molecule has 0 saturated carbocycles. The summed E-state index contributed by atoms with van der Waals surface area (Å²) < 4.78 is 5.13. The van der Waals surface area contributed by atoms with Crippen LogP contribution in [0.15, 0.2) is 30.3 Å². The Balaban J connectivity index is 1.68. The summed E-state index contributed by atoms with van der Waals surface area (Å²) in [6.45, 7) is 8.87. The highest BCUT2D eigenvalue weighted by Crippen LogP contribution is 2.30. The number of hydrogen-bond donors (Lipinski definition) is 0. The van der Waals surface area contributed by atoms with Gasteiger partial charge in [0.25, 0.3) is 0 Å². The lowest BCUT2D eigenvalue weighted by atomic mass is 9.95. The van der Waals surface area contributed by atoms with E-state index in [2.05, 4.69) is 24.0 Å². The maximum Gasteiger partial charge on any atom is 0.416 e. The molecule has 0 aliphatic carbocycles. The fourth-order valence-corrected chi connectivity index (χ4v) is 3.72. The topological polar surface area (TPSA) is 49.9 Å². The Hall–Kier alpha value is -1.88. The number of ether oxygens (including phenoxy) is 1. The van der Waals surface area contributed by atoms with Crippen LogP contribution in [0.1, 0.15) is 26.3 Å². The molecule has 2 aliphatic rings. The molecule has 3 atom stereocenters. The second-order valence-corrected chi connectivity index (χ2v) is 7.36. The minimum Gasteiger partial charge on any atom is -0.447 e. The normalized spacial score (nSPS) is 27.8. The van der Waals surface area contributed by atoms with Gasteiger partial charge in [-0.15, -0.1) is 0 Å². The van der Waals surface area contributed by atoms with E-state index >= 15 is 0 Å². The number of nitrogens with zero attached hydrogens (tertiary/aromatic N) is 2. The number of carbonyl (C=O) groups is 2. The number of rotatable bonds is 4. The highest BCUT2D eigenvalue weighted by atomic mass is 16.6. The summed E-state index contributed by atoms with van der Waals surface area (Å²) in [6.07, 6.45) is -0.479. The Morgan fingerprint density at radius 2 is 1.96 bits per heavy atom. The Bertz CT molecular complexity index is 602. The Morgan fingerprint density at radius 1 is 1.25 bits per heavy atom. The van der Waals surface area contributed by atoms with E-state index in [1.807, 2.05) is 32.0 Å². The fraction of sp³-hybridized carbons (Fsp3) is 0.579. The van der Waals surface area contributed by atoms with Crippen LogP contribution < -0.4 is 0 Å². The summed E-state index contributed by atoms with van der Waals surface area (Å²) >= 11 is 0. The SMILES string of the molecule is CC(C)[C@H]1COC(=O)N1C(=O)[C@H]1CN(Cc2ccccc2)C[C@H]1C. The zero-order valence-electron chi connectivity index (χ0n) is 14.6. The molecule has 24 heavy (non-hydrogen) atoms. The summed E-state index contributed by atoms with van der Waals surface area (Å²) in [5.74, 6) is 0.236. The van der Waals surface area contributed by atoms with Gasteiger partial charge >= 0.3 is 6.09 Å². The molecule has 5 heteroatoms. The van der Waals surface area contributed by atoms with Crippen molar-refractivity contribution in [3.8, 4) is 0 Å². The molecule has 2 saturated heterocycles. The fourth-order valence-electron chi connectivity index (χ4n) is 3.72. The highest BCUT2D eigenvalue weighted by molar-refractivity contribution is 5.95. The molecule has 1 aromatic rings. The summed E-state index contributed by atoms with van der Waals surface area (Å²) in [5, 5.41) is 0. The van der Waals surface area contributed by atoms with Gasteiger partial charge in [-0.1, -0.05) is 51.1 Å². The second-order valence-electron chi connectivity index (χ2n) is 7.36. The van der Waals surface area contributed by atoms with Crippen molar-refractivity contribution in [3.05, 3.63) is 35.9 Å². The van der Waals surface area contributed by atoms with Crippen molar-refractivity contribution in [1.29, 1.82) is 0 Å². The van der Waals surface area contributed by atoms with Crippen molar-refractivity contribution >= 4 is 12.0 Å². The van der Waals surface area contributed by atoms with E-state index in [1.165, 1.54) is 10.5 Å². The summed E-state index contributed by atoms with van der Waals surface area (Å²) in [7, 11) is 0. The number of cyclic esters (lactones) is 1. The van der Waals surface area contributed by atoms with Crippen molar-refractivity contribution in [2.45, 2.75) is 33.4 Å². The monoisotopic (exact) mass is 330 g/mol. The van der Waals surface area contributed by atoms with Crippen LogP contribution in [-0.4, -0.2) is 47.5 Å². The van der Waals surface area contributed by atoms with Crippen LogP contribution >= 0.6 is 0 Å². The minimum atomic E-state index is -0.479. The van der Waals surface area contributed by atoms with Crippen LogP contribution in [0, 0.1) is 17.8 Å². The standard InChI is InChI=1S/C19H26N2O3/c1-13(2)17-12-24-19(23)21(17)18(22)16-11-20(9-14(16)3)10-15-7-5-4-6-8-15/h4-8,13-14,16-17H,9-12H2,1-3H3/t14-,16+,17-/m1/s1. The van der Waals surface area contributed by atoms with Gasteiger partial charge in [-0.05, 0) is 17.4 Å². The number of benzene rings is 1. The first-order chi connectivity index (χ1) is 11.5. The third kappa shape index (κ3) is 3.31. The van der Waals surface area contributed by atoms with E-state index in [0.717, 1.165) is 13.1 Å². The van der Waals surface area contributed by atoms with Gasteiger partial charge in [-0.3, -0.25) is 9.69 Å². The smallest absolute Gasteiger partial charge is 0.416 e. The van der Waals surface area contributed by atoms with Crippen molar-refractivity contribution in [2.75, 3.05) is 19.7 Å². The Labute approximate surface area is 143 Å². The zero-order valence-corrected chi connectivity index (χ0v) is 14.6. The van der Waals surface area contributed by atoms with Gasteiger partial charge in [0.1, 0.15) is 6.61 Å². The van der Waals surface area contributed by atoms with Gasteiger partial charge < -0.3 is 4.74 Å². The predicted molar refractivity (Wildman–Crippen MR) is 91.2 cm³/mol. The van der Waals surface area contributed by atoms with Crippen LogP contribution in [-0.2, 0) is 16.1 Å². The van der Waals surface area contributed by atoms with Gasteiger partial charge in [0.2, 0.25) is 5.91 Å². The summed E-state index contributed by atoms with van der Waals surface area (Å²) in [4.78, 5) is 28.7. The largest absolute Gasteiger partial charge is 0.447 e.